The topological polar surface area (TPSA) is 23.5 Å². The van der Waals surface area contributed by atoms with E-state index in [1.54, 1.807) is 0 Å². The van der Waals surface area contributed by atoms with Gasteiger partial charge in [-0.15, -0.1) is 0 Å². The van der Waals surface area contributed by atoms with Gasteiger partial charge >= 0.3 is 0 Å². The lowest BCUT2D eigenvalue weighted by Crippen LogP contribution is -2.41. The van der Waals surface area contributed by atoms with Crippen molar-refractivity contribution < 1.29 is 5.11 Å². The lowest BCUT2D eigenvalue weighted by molar-refractivity contribution is 0.0660. The molecule has 0 saturated carbocycles. The summed E-state index contributed by atoms with van der Waals surface area (Å²) in [4.78, 5) is 2.66. The van der Waals surface area contributed by atoms with E-state index in [0.29, 0.717) is 17.2 Å². The average Bonchev–Trinajstić information content (AvgIpc) is 2.93. The fourth-order valence-electron chi connectivity index (χ4n) is 4.26. The molecule has 2 nitrogen and oxygen atoms in total. The first-order chi connectivity index (χ1) is 9.69. The largest absolute Gasteiger partial charge is 0.508 e. The molecule has 3 rings (SSSR count). The lowest BCUT2D eigenvalue weighted by atomic mass is 9.74. The summed E-state index contributed by atoms with van der Waals surface area (Å²) in [6, 6.07) is 6.59. The number of aromatic hydroxyl groups is 1. The molecule has 1 unspecified atom stereocenters. The molecular formula is C18H27NO. The number of hydrogen-bond donors (Lipinski definition) is 1. The van der Waals surface area contributed by atoms with Crippen LogP contribution >= 0.6 is 0 Å². The maximum Gasteiger partial charge on any atom is 0.119 e. The van der Waals surface area contributed by atoms with E-state index in [1.165, 1.54) is 56.3 Å². The molecule has 20 heavy (non-hydrogen) atoms. The van der Waals surface area contributed by atoms with E-state index in [4.69, 9.17) is 0 Å². The third-order valence-electron chi connectivity index (χ3n) is 6.01. The zero-order valence-corrected chi connectivity index (χ0v) is 12.9. The molecule has 1 atom stereocenters. The van der Waals surface area contributed by atoms with Crippen LogP contribution in [0.15, 0.2) is 18.2 Å². The van der Waals surface area contributed by atoms with E-state index in [0.717, 1.165) is 6.42 Å². The summed E-state index contributed by atoms with van der Waals surface area (Å²) >= 11 is 0. The Balaban J connectivity index is 1.74. The van der Waals surface area contributed by atoms with Crippen LogP contribution in [0, 0.1) is 5.41 Å². The maximum atomic E-state index is 9.99. The van der Waals surface area contributed by atoms with Crippen LogP contribution in [0.25, 0.3) is 0 Å². The van der Waals surface area contributed by atoms with Crippen LogP contribution in [0.2, 0.25) is 0 Å². The summed E-state index contributed by atoms with van der Waals surface area (Å²) in [7, 11) is 0. The summed E-state index contributed by atoms with van der Waals surface area (Å²) in [5.41, 5.74) is 3.17. The van der Waals surface area contributed by atoms with Gasteiger partial charge in [-0.25, -0.2) is 0 Å². The van der Waals surface area contributed by atoms with Gasteiger partial charge in [-0.1, -0.05) is 38.8 Å². The predicted octanol–water partition coefficient (Wildman–Crippen LogP) is 4.28. The van der Waals surface area contributed by atoms with Gasteiger partial charge in [0.2, 0.25) is 0 Å². The van der Waals surface area contributed by atoms with Gasteiger partial charge in [0, 0.05) is 6.04 Å². The number of piperidine rings is 1. The first-order valence-corrected chi connectivity index (χ1v) is 8.24. The van der Waals surface area contributed by atoms with E-state index in [9.17, 15) is 5.11 Å². The maximum absolute atomic E-state index is 9.99. The van der Waals surface area contributed by atoms with Crippen LogP contribution in [0.5, 0.6) is 5.75 Å². The van der Waals surface area contributed by atoms with Gasteiger partial charge in [0.25, 0.3) is 0 Å². The Kier molecular flexibility index (Phi) is 3.76. The van der Waals surface area contributed by atoms with Crippen LogP contribution in [-0.4, -0.2) is 23.1 Å². The van der Waals surface area contributed by atoms with Crippen molar-refractivity contribution in [2.75, 3.05) is 13.1 Å². The van der Waals surface area contributed by atoms with Gasteiger partial charge < -0.3 is 5.11 Å². The molecule has 2 aliphatic rings. The molecular weight excluding hydrogens is 246 g/mol. The molecule has 1 heterocycles. The zero-order chi connectivity index (χ0) is 14.2. The van der Waals surface area contributed by atoms with E-state index in [-0.39, 0.29) is 0 Å². The summed E-state index contributed by atoms with van der Waals surface area (Å²) in [5.74, 6) is 0.499. The molecule has 0 spiro atoms. The minimum Gasteiger partial charge on any atom is -0.508 e. The van der Waals surface area contributed by atoms with Crippen molar-refractivity contribution in [3.8, 4) is 5.75 Å². The molecule has 1 aromatic carbocycles. The molecule has 0 bridgehead atoms. The summed E-state index contributed by atoms with van der Waals surface area (Å²) in [5, 5.41) is 9.99. The quantitative estimate of drug-likeness (QED) is 0.888. The summed E-state index contributed by atoms with van der Waals surface area (Å²) in [6.07, 6.45) is 7.53. The first-order valence-electron chi connectivity index (χ1n) is 8.24. The number of rotatable bonds is 3. The van der Waals surface area contributed by atoms with Crippen molar-refractivity contribution in [1.29, 1.82) is 0 Å². The smallest absolute Gasteiger partial charge is 0.119 e. The normalized spacial score (nSPS) is 25.6. The highest BCUT2D eigenvalue weighted by atomic mass is 16.3. The van der Waals surface area contributed by atoms with Crippen molar-refractivity contribution in [3.05, 3.63) is 29.3 Å². The second-order valence-electron chi connectivity index (χ2n) is 6.64. The second-order valence-corrected chi connectivity index (χ2v) is 6.64. The molecule has 0 radical (unpaired) electrons. The van der Waals surface area contributed by atoms with Gasteiger partial charge in [-0.05, 0) is 61.4 Å². The fraction of sp³-hybridized carbons (Fsp3) is 0.667. The molecule has 1 N–H and O–H groups in total. The monoisotopic (exact) mass is 273 g/mol. The number of benzene rings is 1. The number of hydrogen-bond acceptors (Lipinski definition) is 2. The van der Waals surface area contributed by atoms with Gasteiger partial charge in [-0.3, -0.25) is 4.90 Å². The Morgan fingerprint density at radius 1 is 1.20 bits per heavy atom. The minimum absolute atomic E-state index is 0.499. The van der Waals surface area contributed by atoms with Crippen molar-refractivity contribution in [2.45, 2.75) is 58.4 Å². The van der Waals surface area contributed by atoms with Crippen molar-refractivity contribution >= 4 is 0 Å². The van der Waals surface area contributed by atoms with Gasteiger partial charge in [-0.2, -0.15) is 0 Å². The molecule has 1 aromatic rings. The number of phenolic OH excluding ortho intramolecular Hbond substituents is 1. The fourth-order valence-corrected chi connectivity index (χ4v) is 4.26. The van der Waals surface area contributed by atoms with E-state index < -0.39 is 0 Å². The van der Waals surface area contributed by atoms with Crippen LogP contribution in [0.4, 0.5) is 0 Å². The van der Waals surface area contributed by atoms with Crippen LogP contribution in [0.1, 0.15) is 63.1 Å². The average molecular weight is 273 g/mol. The van der Waals surface area contributed by atoms with Crippen molar-refractivity contribution in [2.24, 2.45) is 5.41 Å². The first kappa shape index (κ1) is 13.9. The number of nitrogens with zero attached hydrogens (tertiary/aromatic N) is 1. The standard InChI is InChI=1S/C18H27NO/c1-3-18(4-2)10-12-19(13-11-18)16-9-8-15-14(16)6-5-7-17(15)20/h5-7,16,20H,3-4,8-13H2,1-2H3. The third kappa shape index (κ3) is 2.24. The number of phenols is 1. The predicted molar refractivity (Wildman–Crippen MR) is 83.0 cm³/mol. The summed E-state index contributed by atoms with van der Waals surface area (Å²) in [6.45, 7) is 7.15. The molecule has 0 aromatic heterocycles. The van der Waals surface area contributed by atoms with Crippen LogP contribution in [0.3, 0.4) is 0 Å². The Labute approximate surface area is 122 Å². The van der Waals surface area contributed by atoms with Crippen molar-refractivity contribution in [1.82, 2.24) is 4.90 Å². The van der Waals surface area contributed by atoms with Crippen LogP contribution in [-0.2, 0) is 6.42 Å². The third-order valence-corrected chi connectivity index (χ3v) is 6.01. The zero-order valence-electron chi connectivity index (χ0n) is 12.9. The van der Waals surface area contributed by atoms with E-state index >= 15 is 0 Å². The molecule has 1 saturated heterocycles. The number of likely N-dealkylation sites (tertiary alicyclic amines) is 1. The molecule has 1 aliphatic carbocycles. The van der Waals surface area contributed by atoms with E-state index in [2.05, 4.69) is 24.8 Å². The SMILES string of the molecule is CCC1(CC)CCN(C2CCc3c(O)cccc32)CC1. The minimum atomic E-state index is 0.499. The molecule has 110 valence electrons. The summed E-state index contributed by atoms with van der Waals surface area (Å²) < 4.78 is 0. The highest BCUT2D eigenvalue weighted by molar-refractivity contribution is 5.44. The number of fused-ring (bicyclic) bond motifs is 1. The van der Waals surface area contributed by atoms with Gasteiger partial charge in [0.1, 0.15) is 5.75 Å². The Bertz CT molecular complexity index is 468. The van der Waals surface area contributed by atoms with Gasteiger partial charge in [0.05, 0.1) is 0 Å². The Hall–Kier alpha value is -1.02. The molecule has 2 heteroatoms. The van der Waals surface area contributed by atoms with E-state index in [1.807, 2.05) is 12.1 Å². The Morgan fingerprint density at radius 2 is 1.90 bits per heavy atom. The van der Waals surface area contributed by atoms with Crippen LogP contribution < -0.4 is 0 Å². The highest BCUT2D eigenvalue weighted by Gasteiger charge is 2.36. The molecule has 1 fully saturated rings. The Morgan fingerprint density at radius 3 is 2.55 bits per heavy atom. The van der Waals surface area contributed by atoms with Gasteiger partial charge in [0.15, 0.2) is 0 Å². The molecule has 1 aliphatic heterocycles. The molecule has 0 amide bonds. The lowest BCUT2D eigenvalue weighted by Gasteiger charge is -2.43. The van der Waals surface area contributed by atoms with Crippen molar-refractivity contribution in [3.63, 3.8) is 0 Å². The second kappa shape index (κ2) is 5.40. The highest BCUT2D eigenvalue weighted by Crippen LogP contribution is 2.44.